The van der Waals surface area contributed by atoms with E-state index in [4.69, 9.17) is 4.99 Å². The van der Waals surface area contributed by atoms with Gasteiger partial charge in [-0.25, -0.2) is 4.99 Å². The summed E-state index contributed by atoms with van der Waals surface area (Å²) in [6, 6.07) is 21.8. The third-order valence-corrected chi connectivity index (χ3v) is 5.55. The first kappa shape index (κ1) is 20.4. The summed E-state index contributed by atoms with van der Waals surface area (Å²) in [4.78, 5) is 23.1. The van der Waals surface area contributed by atoms with E-state index in [1.54, 1.807) is 6.07 Å². The molecular formula is C25H21N5O3. The Morgan fingerprint density at radius 1 is 1.09 bits per heavy atom. The predicted octanol–water partition coefficient (Wildman–Crippen LogP) is 4.50. The lowest BCUT2D eigenvalue weighted by molar-refractivity contribution is -0.384. The Hall–Kier alpha value is -4.46. The van der Waals surface area contributed by atoms with Crippen molar-refractivity contribution in [3.63, 3.8) is 0 Å². The van der Waals surface area contributed by atoms with E-state index in [0.29, 0.717) is 27.9 Å². The van der Waals surface area contributed by atoms with Crippen molar-refractivity contribution < 1.29 is 10.0 Å². The van der Waals surface area contributed by atoms with Crippen molar-refractivity contribution in [1.82, 2.24) is 10.3 Å². The lowest BCUT2D eigenvalue weighted by Crippen LogP contribution is -2.20. The van der Waals surface area contributed by atoms with Gasteiger partial charge >= 0.3 is 0 Å². The van der Waals surface area contributed by atoms with E-state index in [-0.39, 0.29) is 11.6 Å². The number of H-pyrrole nitrogens is 1. The molecule has 0 spiro atoms. The Labute approximate surface area is 189 Å². The molecule has 0 fully saturated rings. The van der Waals surface area contributed by atoms with Crippen molar-refractivity contribution in [3.05, 3.63) is 99.6 Å². The molecule has 1 aromatic heterocycles. The molecule has 0 unspecified atom stereocenters. The van der Waals surface area contributed by atoms with Crippen LogP contribution in [-0.4, -0.2) is 39.7 Å². The van der Waals surface area contributed by atoms with E-state index in [2.05, 4.69) is 15.3 Å². The van der Waals surface area contributed by atoms with Crippen LogP contribution in [0.2, 0.25) is 0 Å². The first-order chi connectivity index (χ1) is 16.1. The van der Waals surface area contributed by atoms with Crippen LogP contribution in [-0.2, 0) is 6.42 Å². The smallest absolute Gasteiger partial charge is 0.270 e. The number of aromatic amines is 1. The fraction of sp³-hybridized carbons (Fsp3) is 0.120. The summed E-state index contributed by atoms with van der Waals surface area (Å²) in [6.45, 7) is 1.69. The summed E-state index contributed by atoms with van der Waals surface area (Å²) < 4.78 is 0. The van der Waals surface area contributed by atoms with Crippen LogP contribution in [0.25, 0.3) is 10.9 Å². The highest BCUT2D eigenvalue weighted by Gasteiger charge is 2.21. The molecule has 0 atom stereocenters. The van der Waals surface area contributed by atoms with Crippen molar-refractivity contribution in [2.45, 2.75) is 6.42 Å². The molecule has 164 valence electrons. The number of aromatic hydroxyl groups is 1. The largest absolute Gasteiger partial charge is 0.494 e. The number of nitrogens with one attached hydrogen (secondary N) is 2. The van der Waals surface area contributed by atoms with Gasteiger partial charge in [0.05, 0.1) is 28.4 Å². The van der Waals surface area contributed by atoms with Gasteiger partial charge in [-0.2, -0.15) is 0 Å². The molecule has 0 saturated carbocycles. The third-order valence-electron chi connectivity index (χ3n) is 5.55. The lowest BCUT2D eigenvalue weighted by Gasteiger charge is -2.08. The second-order valence-corrected chi connectivity index (χ2v) is 7.76. The minimum absolute atomic E-state index is 0.0528. The van der Waals surface area contributed by atoms with Crippen molar-refractivity contribution in [3.8, 4) is 5.88 Å². The summed E-state index contributed by atoms with van der Waals surface area (Å²) in [5.41, 5.74) is 4.10. The van der Waals surface area contributed by atoms with Crippen molar-refractivity contribution in [2.24, 2.45) is 9.98 Å². The zero-order chi connectivity index (χ0) is 22.8. The van der Waals surface area contributed by atoms with Crippen molar-refractivity contribution in [2.75, 3.05) is 13.1 Å². The fourth-order valence-corrected chi connectivity index (χ4v) is 3.96. The number of rotatable bonds is 6. The predicted molar refractivity (Wildman–Crippen MR) is 129 cm³/mol. The quantitative estimate of drug-likeness (QED) is 0.233. The molecule has 0 saturated heterocycles. The Balaban J connectivity index is 1.60. The van der Waals surface area contributed by atoms with Crippen LogP contribution >= 0.6 is 0 Å². The van der Waals surface area contributed by atoms with Crippen LogP contribution in [0.4, 0.5) is 11.4 Å². The van der Waals surface area contributed by atoms with E-state index < -0.39 is 4.92 Å². The zero-order valence-electron chi connectivity index (χ0n) is 17.7. The van der Waals surface area contributed by atoms with Gasteiger partial charge in [-0.15, -0.1) is 0 Å². The first-order valence-corrected chi connectivity index (χ1v) is 10.6. The number of amidine groups is 1. The SMILES string of the molecule is O=[N+]([O-])c1ccc2[nH]c(O)c(C(=Nc3ccc(CC4=NCCN4)cc3)c3ccccc3)c2c1. The molecule has 3 N–H and O–H groups in total. The first-order valence-electron chi connectivity index (χ1n) is 10.6. The van der Waals surface area contributed by atoms with Crippen LogP contribution in [0.3, 0.4) is 0 Å². The maximum Gasteiger partial charge on any atom is 0.270 e. The number of nitro benzene ring substituents is 1. The summed E-state index contributed by atoms with van der Waals surface area (Å²) in [7, 11) is 0. The number of nitro groups is 1. The molecule has 0 aliphatic carbocycles. The summed E-state index contributed by atoms with van der Waals surface area (Å²) in [5, 5.41) is 25.9. The van der Waals surface area contributed by atoms with Crippen molar-refractivity contribution in [1.29, 1.82) is 0 Å². The number of fused-ring (bicyclic) bond motifs is 1. The lowest BCUT2D eigenvalue weighted by atomic mass is 10.0. The molecule has 5 rings (SSSR count). The average molecular weight is 439 g/mol. The third kappa shape index (κ3) is 4.18. The highest BCUT2D eigenvalue weighted by atomic mass is 16.6. The van der Waals surface area contributed by atoms with E-state index in [0.717, 1.165) is 36.5 Å². The van der Waals surface area contributed by atoms with E-state index in [1.807, 2.05) is 54.6 Å². The second-order valence-electron chi connectivity index (χ2n) is 7.76. The van der Waals surface area contributed by atoms with Crippen LogP contribution in [0, 0.1) is 10.1 Å². The molecule has 0 amide bonds. The molecule has 0 bridgehead atoms. The summed E-state index contributed by atoms with van der Waals surface area (Å²) in [6.07, 6.45) is 0.739. The Morgan fingerprint density at radius 2 is 1.88 bits per heavy atom. The van der Waals surface area contributed by atoms with E-state index >= 15 is 0 Å². The zero-order valence-corrected chi connectivity index (χ0v) is 17.7. The van der Waals surface area contributed by atoms with Gasteiger partial charge in [0.2, 0.25) is 0 Å². The van der Waals surface area contributed by atoms with Gasteiger partial charge < -0.3 is 15.4 Å². The maximum absolute atomic E-state index is 11.3. The molecule has 0 radical (unpaired) electrons. The number of hydrogen-bond acceptors (Lipinski definition) is 6. The topological polar surface area (TPSA) is 116 Å². The number of benzene rings is 3. The fourth-order valence-electron chi connectivity index (χ4n) is 3.96. The number of nitrogens with zero attached hydrogens (tertiary/aromatic N) is 3. The molecule has 33 heavy (non-hydrogen) atoms. The highest BCUT2D eigenvalue weighted by Crippen LogP contribution is 2.33. The molecule has 4 aromatic rings. The molecule has 1 aliphatic rings. The van der Waals surface area contributed by atoms with Crippen LogP contribution in [0.15, 0.2) is 82.8 Å². The standard InChI is InChI=1S/C25H21N5O3/c31-25-23(20-15-19(30(32)33)10-11-21(20)29-25)24(17-4-2-1-3-5-17)28-18-8-6-16(7-9-18)14-22-26-12-13-27-22/h1-11,15,29,31H,12-14H2,(H,26,27). The average Bonchev–Trinajstić information content (AvgIpc) is 3.45. The van der Waals surface area contributed by atoms with Crippen molar-refractivity contribution >= 4 is 33.8 Å². The molecule has 8 heteroatoms. The number of non-ortho nitro benzene ring substituents is 1. The van der Waals surface area contributed by atoms with Gasteiger partial charge in [-0.3, -0.25) is 15.1 Å². The van der Waals surface area contributed by atoms with Gasteiger partial charge in [0.1, 0.15) is 5.84 Å². The van der Waals surface area contributed by atoms with Gasteiger partial charge in [0.25, 0.3) is 5.69 Å². The minimum Gasteiger partial charge on any atom is -0.494 e. The number of hydrogen-bond donors (Lipinski definition) is 3. The van der Waals surface area contributed by atoms with Gasteiger partial charge in [-0.1, -0.05) is 42.5 Å². The Kier molecular flexibility index (Phi) is 5.32. The van der Waals surface area contributed by atoms with Crippen LogP contribution in [0.5, 0.6) is 5.88 Å². The molecular weight excluding hydrogens is 418 g/mol. The molecule has 3 aromatic carbocycles. The highest BCUT2D eigenvalue weighted by molar-refractivity contribution is 6.22. The number of aliphatic imine (C=N–C) groups is 2. The maximum atomic E-state index is 11.3. The monoisotopic (exact) mass is 439 g/mol. The minimum atomic E-state index is -0.450. The summed E-state index contributed by atoms with van der Waals surface area (Å²) in [5.74, 6) is 0.900. The van der Waals surface area contributed by atoms with Crippen LogP contribution < -0.4 is 5.32 Å². The van der Waals surface area contributed by atoms with Crippen LogP contribution in [0.1, 0.15) is 16.7 Å². The second kappa shape index (κ2) is 8.58. The molecule has 2 heterocycles. The van der Waals surface area contributed by atoms with Gasteiger partial charge in [0, 0.05) is 41.6 Å². The Bertz CT molecular complexity index is 1390. The normalized spacial score (nSPS) is 13.7. The van der Waals surface area contributed by atoms with Gasteiger partial charge in [0.15, 0.2) is 5.88 Å². The Morgan fingerprint density at radius 3 is 2.58 bits per heavy atom. The van der Waals surface area contributed by atoms with Gasteiger partial charge in [-0.05, 0) is 23.8 Å². The number of aromatic nitrogens is 1. The van der Waals surface area contributed by atoms with E-state index in [9.17, 15) is 15.2 Å². The molecule has 8 nitrogen and oxygen atoms in total. The van der Waals surface area contributed by atoms with E-state index in [1.165, 1.54) is 12.1 Å². The summed E-state index contributed by atoms with van der Waals surface area (Å²) >= 11 is 0. The molecule has 1 aliphatic heterocycles.